The third-order valence-electron chi connectivity index (χ3n) is 5.47. The lowest BCUT2D eigenvalue weighted by Gasteiger charge is -2.22. The summed E-state index contributed by atoms with van der Waals surface area (Å²) in [5.74, 6) is -0.910. The molecule has 0 bridgehead atoms. The molecule has 8 heteroatoms. The second kappa shape index (κ2) is 12.3. The molecule has 8 nitrogen and oxygen atoms in total. The third kappa shape index (κ3) is 8.55. The van der Waals surface area contributed by atoms with Crippen molar-refractivity contribution in [3.63, 3.8) is 0 Å². The molecule has 2 fully saturated rings. The summed E-state index contributed by atoms with van der Waals surface area (Å²) in [6, 6.07) is 0. The lowest BCUT2D eigenvalue weighted by atomic mass is 9.89. The van der Waals surface area contributed by atoms with Crippen LogP contribution in [0.5, 0.6) is 0 Å². The Balaban J connectivity index is 1.49. The fourth-order valence-corrected chi connectivity index (χ4v) is 3.80. The molecule has 2 rings (SSSR count). The Labute approximate surface area is 161 Å². The molecule has 2 aliphatic carbocycles. The highest BCUT2D eigenvalue weighted by molar-refractivity contribution is 5.72. The Morgan fingerprint density at radius 2 is 1.04 bits per heavy atom. The average molecular weight is 386 g/mol. The number of unbranched alkanes of at least 4 members (excludes halogenated alkanes) is 2. The predicted octanol–water partition coefficient (Wildman–Crippen LogP) is 3.62. The van der Waals surface area contributed by atoms with Gasteiger partial charge in [-0.1, -0.05) is 44.9 Å². The molecule has 0 unspecified atom stereocenters. The van der Waals surface area contributed by atoms with Crippen LogP contribution < -0.4 is 0 Å². The van der Waals surface area contributed by atoms with E-state index < -0.39 is 0 Å². The van der Waals surface area contributed by atoms with E-state index in [2.05, 4.69) is 0 Å². The summed E-state index contributed by atoms with van der Waals surface area (Å²) >= 11 is 0. The minimum Gasteiger partial charge on any atom is -0.342 e. The fraction of sp³-hybridized carbons (Fsp3) is 0.895. The maximum atomic E-state index is 11.9. The second-order valence-corrected chi connectivity index (χ2v) is 7.70. The van der Waals surface area contributed by atoms with Gasteiger partial charge in [-0.15, -0.1) is 0 Å². The largest absolute Gasteiger partial charge is 0.342 e. The zero-order chi connectivity index (χ0) is 19.5. The van der Waals surface area contributed by atoms with E-state index in [1.807, 2.05) is 0 Å². The van der Waals surface area contributed by atoms with Gasteiger partial charge in [0.25, 0.3) is 0 Å². The highest BCUT2D eigenvalue weighted by atomic mass is 16.9. The van der Waals surface area contributed by atoms with E-state index in [9.17, 15) is 20.0 Å². The van der Waals surface area contributed by atoms with E-state index in [4.69, 9.17) is 9.68 Å². The first-order valence-corrected chi connectivity index (χ1v) is 10.4. The maximum absolute atomic E-state index is 11.9. The van der Waals surface area contributed by atoms with Crippen molar-refractivity contribution >= 4 is 11.9 Å². The quantitative estimate of drug-likeness (QED) is 0.434. The van der Waals surface area contributed by atoms with Gasteiger partial charge in [-0.2, -0.15) is 0 Å². The van der Waals surface area contributed by atoms with Gasteiger partial charge in [0.05, 0.1) is 24.9 Å². The minimum absolute atomic E-state index is 0.102. The third-order valence-corrected chi connectivity index (χ3v) is 5.47. The van der Waals surface area contributed by atoms with Gasteiger partial charge in [0.2, 0.25) is 0 Å². The summed E-state index contributed by atoms with van der Waals surface area (Å²) in [5, 5.41) is 20.6. The van der Waals surface area contributed by atoms with Gasteiger partial charge in [0, 0.05) is 0 Å². The normalized spacial score (nSPS) is 19.4. The summed E-state index contributed by atoms with van der Waals surface area (Å²) in [6.45, 7) is 0.428. The van der Waals surface area contributed by atoms with Crippen molar-refractivity contribution in [1.29, 1.82) is 0 Å². The highest BCUT2D eigenvalue weighted by Gasteiger charge is 2.25. The number of nitrogens with zero attached hydrogens (tertiary/aromatic N) is 2. The fourth-order valence-electron chi connectivity index (χ4n) is 3.80. The number of hydroxylamine groups is 4. The van der Waals surface area contributed by atoms with Crippen LogP contribution in [0.4, 0.5) is 0 Å². The van der Waals surface area contributed by atoms with E-state index in [-0.39, 0.29) is 36.9 Å². The van der Waals surface area contributed by atoms with Crippen molar-refractivity contribution in [1.82, 2.24) is 10.5 Å². The number of rotatable bonds is 10. The van der Waals surface area contributed by atoms with Crippen LogP contribution in [0.1, 0.15) is 83.5 Å². The van der Waals surface area contributed by atoms with Gasteiger partial charge >= 0.3 is 11.9 Å². The Morgan fingerprint density at radius 3 is 1.41 bits per heavy atom. The standard InChI is InChI=1S/C19H34N2O6/c22-18(16-10-4-1-5-11-16)26-20(24)14-8-3-9-15-21(25)27-19(23)17-12-6-2-7-13-17/h16-17,24-25H,1-15H2. The zero-order valence-corrected chi connectivity index (χ0v) is 16.2. The van der Waals surface area contributed by atoms with Crippen LogP contribution in [-0.4, -0.2) is 45.9 Å². The Bertz CT molecular complexity index is 409. The molecular weight excluding hydrogens is 352 g/mol. The molecule has 0 heterocycles. The number of carbonyl (C=O) groups excluding carboxylic acids is 2. The monoisotopic (exact) mass is 386 g/mol. The smallest absolute Gasteiger partial charge is 0.331 e. The van der Waals surface area contributed by atoms with Crippen molar-refractivity contribution < 1.29 is 29.7 Å². The van der Waals surface area contributed by atoms with Gasteiger partial charge in [0.15, 0.2) is 0 Å². The van der Waals surface area contributed by atoms with Crippen LogP contribution in [0.15, 0.2) is 0 Å². The average Bonchev–Trinajstić information content (AvgIpc) is 2.69. The topological polar surface area (TPSA) is 99.5 Å². The minimum atomic E-state index is -0.353. The number of hydrogen-bond acceptors (Lipinski definition) is 8. The van der Waals surface area contributed by atoms with Crippen LogP contribution in [0.2, 0.25) is 0 Å². The van der Waals surface area contributed by atoms with E-state index in [0.717, 1.165) is 64.2 Å². The Morgan fingerprint density at radius 1 is 0.667 bits per heavy atom. The second-order valence-electron chi connectivity index (χ2n) is 7.70. The zero-order valence-electron chi connectivity index (χ0n) is 16.2. The summed E-state index contributed by atoms with van der Waals surface area (Å²) in [4.78, 5) is 33.7. The van der Waals surface area contributed by atoms with Crippen molar-refractivity contribution in [2.45, 2.75) is 83.5 Å². The molecule has 156 valence electrons. The molecule has 0 amide bonds. The molecule has 0 aliphatic heterocycles. The van der Waals surface area contributed by atoms with Gasteiger partial charge < -0.3 is 9.68 Å². The van der Waals surface area contributed by atoms with E-state index >= 15 is 0 Å². The first kappa shape index (κ1) is 22.1. The molecule has 2 aliphatic rings. The molecule has 27 heavy (non-hydrogen) atoms. The van der Waals surface area contributed by atoms with E-state index in [1.54, 1.807) is 0 Å². The van der Waals surface area contributed by atoms with Crippen molar-refractivity contribution in [3.05, 3.63) is 0 Å². The van der Waals surface area contributed by atoms with Crippen LogP contribution in [0.25, 0.3) is 0 Å². The van der Waals surface area contributed by atoms with Crippen molar-refractivity contribution in [2.75, 3.05) is 13.1 Å². The molecule has 0 spiro atoms. The maximum Gasteiger partial charge on any atom is 0.331 e. The molecule has 0 radical (unpaired) electrons. The van der Waals surface area contributed by atoms with Gasteiger partial charge in [-0.3, -0.25) is 10.4 Å². The molecule has 0 aromatic heterocycles. The molecule has 2 N–H and O–H groups in total. The lowest BCUT2D eigenvalue weighted by molar-refractivity contribution is -0.322. The van der Waals surface area contributed by atoms with Gasteiger partial charge in [-0.05, 0) is 49.0 Å². The molecular formula is C19H34N2O6. The van der Waals surface area contributed by atoms with Crippen LogP contribution in [-0.2, 0) is 19.3 Å². The summed E-state index contributed by atoms with van der Waals surface area (Å²) < 4.78 is 0. The first-order chi connectivity index (χ1) is 13.1. The Hall–Kier alpha value is -1.22. The van der Waals surface area contributed by atoms with Crippen molar-refractivity contribution in [3.8, 4) is 0 Å². The molecule has 0 aromatic carbocycles. The summed E-state index contributed by atoms with van der Waals surface area (Å²) in [5.41, 5.74) is 0. The van der Waals surface area contributed by atoms with Crippen LogP contribution in [0.3, 0.4) is 0 Å². The number of carbonyl (C=O) groups is 2. The lowest BCUT2D eigenvalue weighted by Crippen LogP contribution is -2.31. The Kier molecular flexibility index (Phi) is 10.0. The van der Waals surface area contributed by atoms with Crippen molar-refractivity contribution in [2.24, 2.45) is 11.8 Å². The van der Waals surface area contributed by atoms with Crippen LogP contribution in [0, 0.1) is 11.8 Å². The highest BCUT2D eigenvalue weighted by Crippen LogP contribution is 2.25. The molecule has 0 atom stereocenters. The summed E-state index contributed by atoms with van der Waals surface area (Å²) in [6.07, 6.45) is 11.7. The first-order valence-electron chi connectivity index (χ1n) is 10.4. The van der Waals surface area contributed by atoms with E-state index in [1.165, 1.54) is 0 Å². The number of hydrogen-bond donors (Lipinski definition) is 2. The van der Waals surface area contributed by atoms with Gasteiger partial charge in [-0.25, -0.2) is 9.59 Å². The molecule has 0 aromatic rings. The molecule has 0 saturated heterocycles. The van der Waals surface area contributed by atoms with Gasteiger partial charge in [0.1, 0.15) is 0 Å². The summed E-state index contributed by atoms with van der Waals surface area (Å²) in [7, 11) is 0. The molecule has 2 saturated carbocycles. The predicted molar refractivity (Wildman–Crippen MR) is 96.2 cm³/mol. The van der Waals surface area contributed by atoms with Crippen LogP contribution >= 0.6 is 0 Å². The SMILES string of the molecule is O=C(ON(O)CCCCCN(O)OC(=O)C1CCCCC1)C1CCCCC1. The van der Waals surface area contributed by atoms with E-state index in [0.29, 0.717) is 29.7 Å².